The quantitative estimate of drug-likeness (QED) is 0.685. The highest BCUT2D eigenvalue weighted by atomic mass is 35.5. The van der Waals surface area contributed by atoms with Gasteiger partial charge in [-0.25, -0.2) is 4.98 Å². The van der Waals surface area contributed by atoms with E-state index in [0.29, 0.717) is 33.2 Å². The average Bonchev–Trinajstić information content (AvgIpc) is 2.37. The maximum absolute atomic E-state index is 6.21. The van der Waals surface area contributed by atoms with Crippen LogP contribution in [0.1, 0.15) is 37.7 Å². The first-order valence-corrected chi connectivity index (χ1v) is 7.42. The van der Waals surface area contributed by atoms with Gasteiger partial charge in [0.05, 0.1) is 0 Å². The van der Waals surface area contributed by atoms with E-state index in [1.54, 1.807) is 6.07 Å². The number of hydrogen-bond donors (Lipinski definition) is 0. The molecule has 1 aromatic heterocycles. The van der Waals surface area contributed by atoms with Crippen LogP contribution in [0.15, 0.2) is 18.2 Å². The number of benzene rings is 1. The lowest BCUT2D eigenvalue weighted by Crippen LogP contribution is -2.17. The highest BCUT2D eigenvalue weighted by Gasteiger charge is 2.21. The molecule has 0 aliphatic heterocycles. The van der Waals surface area contributed by atoms with Crippen LogP contribution in [0.5, 0.6) is 11.6 Å². The topological polar surface area (TPSA) is 35.0 Å². The molecule has 0 amide bonds. The van der Waals surface area contributed by atoms with Crippen molar-refractivity contribution in [1.82, 2.24) is 9.97 Å². The first-order valence-electron chi connectivity index (χ1n) is 6.67. The maximum Gasteiger partial charge on any atom is 0.227 e. The lowest BCUT2D eigenvalue weighted by Gasteiger charge is -2.19. The molecule has 0 fully saturated rings. The van der Waals surface area contributed by atoms with Crippen molar-refractivity contribution in [1.29, 1.82) is 0 Å². The van der Waals surface area contributed by atoms with Gasteiger partial charge in [-0.1, -0.05) is 50.0 Å². The van der Waals surface area contributed by atoms with Crippen molar-refractivity contribution < 1.29 is 4.74 Å². The zero-order chi connectivity index (χ0) is 15.8. The molecule has 0 aliphatic rings. The minimum Gasteiger partial charge on any atom is -0.438 e. The fourth-order valence-electron chi connectivity index (χ4n) is 1.69. The van der Waals surface area contributed by atoms with E-state index in [2.05, 4.69) is 9.97 Å². The first kappa shape index (κ1) is 16.1. The minimum absolute atomic E-state index is 0.209. The summed E-state index contributed by atoms with van der Waals surface area (Å²) >= 11 is 12.2. The Morgan fingerprint density at radius 1 is 1.05 bits per heavy atom. The summed E-state index contributed by atoms with van der Waals surface area (Å²) in [6.07, 6.45) is 0. The van der Waals surface area contributed by atoms with Crippen LogP contribution in [0.2, 0.25) is 10.2 Å². The Morgan fingerprint density at radius 2 is 1.71 bits per heavy atom. The number of ether oxygens (including phenoxy) is 1. The highest BCUT2D eigenvalue weighted by molar-refractivity contribution is 6.30. The van der Waals surface area contributed by atoms with Crippen molar-refractivity contribution in [3.8, 4) is 11.6 Å². The Morgan fingerprint density at radius 3 is 2.33 bits per heavy atom. The van der Waals surface area contributed by atoms with Crippen molar-refractivity contribution in [2.45, 2.75) is 40.0 Å². The normalized spacial score (nSPS) is 11.6. The van der Waals surface area contributed by atoms with Crippen LogP contribution in [0.4, 0.5) is 0 Å². The lowest BCUT2D eigenvalue weighted by molar-refractivity contribution is 0.439. The summed E-state index contributed by atoms with van der Waals surface area (Å²) < 4.78 is 5.92. The molecule has 0 N–H and O–H groups in total. The van der Waals surface area contributed by atoms with Crippen LogP contribution in [0, 0.1) is 13.8 Å². The summed E-state index contributed by atoms with van der Waals surface area (Å²) in [7, 11) is 0. The molecule has 0 radical (unpaired) electrons. The van der Waals surface area contributed by atoms with Crippen LogP contribution < -0.4 is 4.74 Å². The second-order valence-corrected chi connectivity index (χ2v) is 6.82. The van der Waals surface area contributed by atoms with Gasteiger partial charge in [0.25, 0.3) is 0 Å². The van der Waals surface area contributed by atoms with E-state index in [1.165, 1.54) is 0 Å². The van der Waals surface area contributed by atoms with Crippen LogP contribution in [0.25, 0.3) is 0 Å². The van der Waals surface area contributed by atoms with Crippen molar-refractivity contribution in [2.24, 2.45) is 0 Å². The number of nitrogens with zero attached hydrogens (tertiary/aromatic N) is 2. The van der Waals surface area contributed by atoms with Gasteiger partial charge >= 0.3 is 0 Å². The number of hydrogen-bond acceptors (Lipinski definition) is 3. The molecule has 0 atom stereocenters. The Labute approximate surface area is 135 Å². The molecule has 5 heteroatoms. The molecule has 0 bridgehead atoms. The summed E-state index contributed by atoms with van der Waals surface area (Å²) in [5.74, 6) is 1.78. The van der Waals surface area contributed by atoms with E-state index < -0.39 is 0 Å². The maximum atomic E-state index is 6.21. The summed E-state index contributed by atoms with van der Waals surface area (Å²) in [6, 6.07) is 5.49. The van der Waals surface area contributed by atoms with Gasteiger partial charge in [-0.2, -0.15) is 4.98 Å². The van der Waals surface area contributed by atoms with Gasteiger partial charge in [0.1, 0.15) is 16.7 Å². The van der Waals surface area contributed by atoms with E-state index in [-0.39, 0.29) is 5.41 Å². The summed E-state index contributed by atoms with van der Waals surface area (Å²) in [5, 5.41) is 1.02. The van der Waals surface area contributed by atoms with Gasteiger partial charge in [0, 0.05) is 16.0 Å². The van der Waals surface area contributed by atoms with Crippen LogP contribution in [-0.2, 0) is 5.41 Å². The van der Waals surface area contributed by atoms with Crippen molar-refractivity contribution in [3.63, 3.8) is 0 Å². The van der Waals surface area contributed by atoms with E-state index in [0.717, 1.165) is 5.56 Å². The monoisotopic (exact) mass is 324 g/mol. The zero-order valence-electron chi connectivity index (χ0n) is 12.8. The Bertz CT molecular complexity index is 679. The summed E-state index contributed by atoms with van der Waals surface area (Å²) in [6.45, 7) is 9.88. The Hall–Kier alpha value is -1.32. The largest absolute Gasteiger partial charge is 0.438 e. The third-order valence-corrected chi connectivity index (χ3v) is 3.67. The molecule has 0 saturated carbocycles. The molecule has 3 nitrogen and oxygen atoms in total. The van der Waals surface area contributed by atoms with Gasteiger partial charge in [-0.15, -0.1) is 0 Å². The predicted octanol–water partition coefficient (Wildman–Crippen LogP) is 5.49. The minimum atomic E-state index is -0.209. The molecule has 0 aliphatic carbocycles. The van der Waals surface area contributed by atoms with Gasteiger partial charge in [0.2, 0.25) is 5.88 Å². The fraction of sp³-hybridized carbons (Fsp3) is 0.375. The Balaban J connectivity index is 2.49. The molecule has 21 heavy (non-hydrogen) atoms. The lowest BCUT2D eigenvalue weighted by atomic mass is 9.96. The van der Waals surface area contributed by atoms with E-state index in [1.807, 2.05) is 46.8 Å². The van der Waals surface area contributed by atoms with E-state index in [4.69, 9.17) is 27.9 Å². The smallest absolute Gasteiger partial charge is 0.227 e. The molecular formula is C16H18Cl2N2O. The van der Waals surface area contributed by atoms with Crippen molar-refractivity contribution in [3.05, 3.63) is 45.3 Å². The van der Waals surface area contributed by atoms with Gasteiger partial charge in [0.15, 0.2) is 0 Å². The molecule has 112 valence electrons. The third-order valence-electron chi connectivity index (χ3n) is 3.07. The second-order valence-electron chi connectivity index (χ2n) is 6.03. The number of halogens is 2. The molecular weight excluding hydrogens is 307 g/mol. The van der Waals surface area contributed by atoms with Crippen molar-refractivity contribution in [2.75, 3.05) is 0 Å². The predicted molar refractivity (Wildman–Crippen MR) is 86.7 cm³/mol. The Kier molecular flexibility index (Phi) is 4.45. The van der Waals surface area contributed by atoms with Crippen LogP contribution >= 0.6 is 23.2 Å². The molecule has 1 heterocycles. The number of aryl methyl sites for hydroxylation is 1. The van der Waals surface area contributed by atoms with Crippen molar-refractivity contribution >= 4 is 23.2 Å². The first-order chi connectivity index (χ1) is 9.68. The van der Waals surface area contributed by atoms with Crippen LogP contribution in [0.3, 0.4) is 0 Å². The highest BCUT2D eigenvalue weighted by Crippen LogP contribution is 2.32. The third kappa shape index (κ3) is 3.66. The van der Waals surface area contributed by atoms with E-state index in [9.17, 15) is 0 Å². The van der Waals surface area contributed by atoms with Gasteiger partial charge in [-0.05, 0) is 31.5 Å². The molecule has 2 aromatic rings. The zero-order valence-corrected chi connectivity index (χ0v) is 14.3. The molecule has 1 aromatic carbocycles. The van der Waals surface area contributed by atoms with E-state index >= 15 is 0 Å². The second kappa shape index (κ2) is 5.82. The average molecular weight is 325 g/mol. The van der Waals surface area contributed by atoms with Gasteiger partial charge in [-0.3, -0.25) is 0 Å². The fourth-order valence-corrected chi connectivity index (χ4v) is 2.02. The van der Waals surface area contributed by atoms with Crippen LogP contribution in [-0.4, -0.2) is 9.97 Å². The SMILES string of the molecule is Cc1ccc(Cl)cc1Oc1nc(C(C)(C)C)nc(Cl)c1C. The standard InChI is InChI=1S/C16H18Cl2N2O/c1-9-6-7-11(17)8-12(9)21-14-10(2)13(18)19-15(20-14)16(3,4)5/h6-8H,1-5H3. The number of aromatic nitrogens is 2. The summed E-state index contributed by atoms with van der Waals surface area (Å²) in [4.78, 5) is 8.84. The number of rotatable bonds is 2. The molecule has 0 spiro atoms. The molecule has 2 rings (SSSR count). The summed E-state index contributed by atoms with van der Waals surface area (Å²) in [5.41, 5.74) is 1.48. The molecule has 0 unspecified atom stereocenters. The van der Waals surface area contributed by atoms with Gasteiger partial charge < -0.3 is 4.74 Å². The molecule has 0 saturated heterocycles.